The Morgan fingerprint density at radius 2 is 1.56 bits per heavy atom. The van der Waals surface area contributed by atoms with Crippen molar-refractivity contribution in [2.45, 2.75) is 72.3 Å². The Morgan fingerprint density at radius 3 is 1.83 bits per heavy atom. The van der Waals surface area contributed by atoms with Gasteiger partial charge in [-0.2, -0.15) is 0 Å². The summed E-state index contributed by atoms with van der Waals surface area (Å²) in [6.07, 6.45) is 3.65. The van der Waals surface area contributed by atoms with Crippen molar-refractivity contribution in [1.29, 1.82) is 0 Å². The summed E-state index contributed by atoms with van der Waals surface area (Å²) in [5, 5.41) is 9.46. The van der Waals surface area contributed by atoms with Gasteiger partial charge in [-0.15, -0.1) is 0 Å². The summed E-state index contributed by atoms with van der Waals surface area (Å²) in [7, 11) is 0. The molecule has 0 aliphatic heterocycles. The minimum Gasteiger partial charge on any atom is -0.480 e. The molecule has 18 heavy (non-hydrogen) atoms. The maximum absolute atomic E-state index is 12.1. The van der Waals surface area contributed by atoms with E-state index < -0.39 is 17.4 Å². The maximum Gasteiger partial charge on any atom is 0.323 e. The van der Waals surface area contributed by atoms with E-state index in [0.717, 1.165) is 25.7 Å². The zero-order valence-corrected chi connectivity index (χ0v) is 12.0. The molecular weight excluding hydrogens is 232 g/mol. The van der Waals surface area contributed by atoms with E-state index in [4.69, 9.17) is 4.74 Å². The predicted octanol–water partition coefficient (Wildman–Crippen LogP) is 3.39. The van der Waals surface area contributed by atoms with Crippen molar-refractivity contribution in [3.63, 3.8) is 0 Å². The van der Waals surface area contributed by atoms with Gasteiger partial charge in [-0.3, -0.25) is 9.59 Å². The maximum atomic E-state index is 12.1. The molecule has 0 amide bonds. The minimum absolute atomic E-state index is 0.278. The van der Waals surface area contributed by atoms with Crippen molar-refractivity contribution in [3.05, 3.63) is 0 Å². The Bertz CT molecular complexity index is 263. The van der Waals surface area contributed by atoms with Gasteiger partial charge in [0.15, 0.2) is 5.41 Å². The van der Waals surface area contributed by atoms with Gasteiger partial charge in [0.25, 0.3) is 0 Å². The van der Waals surface area contributed by atoms with Crippen LogP contribution in [0.2, 0.25) is 0 Å². The Kier molecular flexibility index (Phi) is 7.64. The Morgan fingerprint density at radius 1 is 1.11 bits per heavy atom. The van der Waals surface area contributed by atoms with E-state index in [1.54, 1.807) is 13.8 Å². The number of hydrogen-bond acceptors (Lipinski definition) is 3. The average molecular weight is 258 g/mol. The van der Waals surface area contributed by atoms with Crippen molar-refractivity contribution in [2.24, 2.45) is 5.41 Å². The van der Waals surface area contributed by atoms with Gasteiger partial charge in [-0.1, -0.05) is 39.5 Å². The van der Waals surface area contributed by atoms with Gasteiger partial charge in [0.2, 0.25) is 0 Å². The van der Waals surface area contributed by atoms with E-state index in [-0.39, 0.29) is 6.10 Å². The fourth-order valence-corrected chi connectivity index (χ4v) is 1.91. The standard InChI is InChI=1S/C14H26O4/c1-5-7-9-14(12(15)16,10-8-6-2)13(17)18-11(3)4/h11H,5-10H2,1-4H3,(H,15,16). The second kappa shape index (κ2) is 8.11. The highest BCUT2D eigenvalue weighted by Crippen LogP contribution is 2.33. The second-order valence-corrected chi connectivity index (χ2v) is 5.05. The van der Waals surface area contributed by atoms with Gasteiger partial charge < -0.3 is 9.84 Å². The fraction of sp³-hybridized carbons (Fsp3) is 0.857. The number of esters is 1. The molecule has 0 saturated heterocycles. The number of carboxylic acids is 1. The molecule has 0 unspecified atom stereocenters. The SMILES string of the molecule is CCCCC(CCCC)(C(=O)O)C(=O)OC(C)C. The summed E-state index contributed by atoms with van der Waals surface area (Å²) in [6.45, 7) is 7.45. The van der Waals surface area contributed by atoms with Crippen molar-refractivity contribution in [1.82, 2.24) is 0 Å². The Hall–Kier alpha value is -1.06. The molecule has 0 saturated carbocycles. The molecule has 0 heterocycles. The Labute approximate surface area is 110 Å². The smallest absolute Gasteiger partial charge is 0.323 e. The highest BCUT2D eigenvalue weighted by Gasteiger charge is 2.46. The van der Waals surface area contributed by atoms with Gasteiger partial charge >= 0.3 is 11.9 Å². The molecular formula is C14H26O4. The minimum atomic E-state index is -1.35. The lowest BCUT2D eigenvalue weighted by molar-refractivity contribution is -0.173. The van der Waals surface area contributed by atoms with E-state index in [2.05, 4.69) is 0 Å². The number of carbonyl (C=O) groups excluding carboxylic acids is 1. The number of carbonyl (C=O) groups is 2. The van der Waals surface area contributed by atoms with Gasteiger partial charge in [-0.25, -0.2) is 0 Å². The van der Waals surface area contributed by atoms with Crippen LogP contribution < -0.4 is 0 Å². The summed E-state index contributed by atoms with van der Waals surface area (Å²) in [4.78, 5) is 23.7. The largest absolute Gasteiger partial charge is 0.480 e. The number of unbranched alkanes of at least 4 members (excludes halogenated alkanes) is 2. The van der Waals surface area contributed by atoms with E-state index in [1.165, 1.54) is 0 Å². The lowest BCUT2D eigenvalue weighted by atomic mass is 9.78. The van der Waals surface area contributed by atoms with Crippen LogP contribution in [0, 0.1) is 5.41 Å². The third kappa shape index (κ3) is 4.67. The number of hydrogen-bond donors (Lipinski definition) is 1. The van der Waals surface area contributed by atoms with Gasteiger partial charge in [-0.05, 0) is 26.7 Å². The molecule has 4 heteroatoms. The van der Waals surface area contributed by atoms with Gasteiger partial charge in [0.05, 0.1) is 6.10 Å². The van der Waals surface area contributed by atoms with Crippen LogP contribution in [0.3, 0.4) is 0 Å². The van der Waals surface area contributed by atoms with E-state index in [9.17, 15) is 14.7 Å². The molecule has 0 aliphatic carbocycles. The van der Waals surface area contributed by atoms with E-state index >= 15 is 0 Å². The summed E-state index contributed by atoms with van der Waals surface area (Å²) in [5.41, 5.74) is -1.35. The molecule has 0 aromatic rings. The summed E-state index contributed by atoms with van der Waals surface area (Å²) in [6, 6.07) is 0. The first-order valence-electron chi connectivity index (χ1n) is 6.85. The van der Waals surface area contributed by atoms with Crippen LogP contribution in [-0.2, 0) is 14.3 Å². The van der Waals surface area contributed by atoms with Gasteiger partial charge in [0, 0.05) is 0 Å². The normalized spacial score (nSPS) is 11.6. The number of carboxylic acid groups (broad SMARTS) is 1. The molecule has 106 valence electrons. The molecule has 0 rings (SSSR count). The molecule has 0 radical (unpaired) electrons. The molecule has 0 bridgehead atoms. The summed E-state index contributed by atoms with van der Waals surface area (Å²) >= 11 is 0. The lowest BCUT2D eigenvalue weighted by Crippen LogP contribution is -2.41. The third-order valence-corrected chi connectivity index (χ3v) is 3.06. The molecule has 0 aromatic heterocycles. The number of rotatable bonds is 9. The van der Waals surface area contributed by atoms with Crippen LogP contribution >= 0.6 is 0 Å². The molecule has 0 fully saturated rings. The van der Waals surface area contributed by atoms with Gasteiger partial charge in [0.1, 0.15) is 0 Å². The molecule has 4 nitrogen and oxygen atoms in total. The fourth-order valence-electron chi connectivity index (χ4n) is 1.91. The van der Waals surface area contributed by atoms with Crippen LogP contribution in [0.25, 0.3) is 0 Å². The summed E-state index contributed by atoms with van der Waals surface area (Å²) < 4.78 is 5.15. The second-order valence-electron chi connectivity index (χ2n) is 5.05. The quantitative estimate of drug-likeness (QED) is 0.508. The number of ether oxygens (including phenoxy) is 1. The van der Waals surface area contributed by atoms with Crippen molar-refractivity contribution in [2.75, 3.05) is 0 Å². The first-order valence-corrected chi connectivity index (χ1v) is 6.85. The highest BCUT2D eigenvalue weighted by atomic mass is 16.5. The highest BCUT2D eigenvalue weighted by molar-refractivity contribution is 5.99. The number of aliphatic carboxylic acids is 1. The Balaban J connectivity index is 5.03. The molecule has 0 atom stereocenters. The third-order valence-electron chi connectivity index (χ3n) is 3.06. The monoisotopic (exact) mass is 258 g/mol. The van der Waals surface area contributed by atoms with Crippen LogP contribution in [0.1, 0.15) is 66.2 Å². The van der Waals surface area contributed by atoms with Crippen molar-refractivity contribution in [3.8, 4) is 0 Å². The zero-order valence-electron chi connectivity index (χ0n) is 12.0. The molecule has 0 aliphatic rings. The topological polar surface area (TPSA) is 63.6 Å². The first kappa shape index (κ1) is 16.9. The van der Waals surface area contributed by atoms with Crippen LogP contribution in [0.5, 0.6) is 0 Å². The predicted molar refractivity (Wildman–Crippen MR) is 70.3 cm³/mol. The molecule has 0 spiro atoms. The van der Waals surface area contributed by atoms with Crippen LogP contribution in [0.15, 0.2) is 0 Å². The zero-order chi connectivity index (χ0) is 14.2. The van der Waals surface area contributed by atoms with E-state index in [1.807, 2.05) is 13.8 Å². The van der Waals surface area contributed by atoms with Crippen LogP contribution in [0.4, 0.5) is 0 Å². The lowest BCUT2D eigenvalue weighted by Gasteiger charge is -2.28. The first-order chi connectivity index (χ1) is 8.40. The summed E-state index contributed by atoms with van der Waals surface area (Å²) in [5.74, 6) is -1.62. The van der Waals surface area contributed by atoms with E-state index in [0.29, 0.717) is 12.8 Å². The molecule has 0 aromatic carbocycles. The average Bonchev–Trinajstić information content (AvgIpc) is 2.28. The van der Waals surface area contributed by atoms with Crippen molar-refractivity contribution < 1.29 is 19.4 Å². The van der Waals surface area contributed by atoms with Crippen LogP contribution in [-0.4, -0.2) is 23.1 Å². The van der Waals surface area contributed by atoms with Crippen molar-refractivity contribution >= 4 is 11.9 Å². The molecule has 1 N–H and O–H groups in total.